The first-order valence-corrected chi connectivity index (χ1v) is 7.97. The zero-order valence-corrected chi connectivity index (χ0v) is 12.0. The second-order valence-corrected chi connectivity index (χ2v) is 6.23. The van der Waals surface area contributed by atoms with Gasteiger partial charge in [-0.1, -0.05) is 6.07 Å². The van der Waals surface area contributed by atoms with Gasteiger partial charge in [0.15, 0.2) is 0 Å². The molecule has 1 saturated carbocycles. The van der Waals surface area contributed by atoms with Crippen molar-refractivity contribution in [3.8, 4) is 0 Å². The van der Waals surface area contributed by atoms with Crippen LogP contribution in [0, 0.1) is 0 Å². The fraction of sp³-hybridized carbons (Fsp3) is 0.688. The fourth-order valence-electron chi connectivity index (χ4n) is 3.28. The molecule has 0 aromatic carbocycles. The van der Waals surface area contributed by atoms with Gasteiger partial charge in [-0.3, -0.25) is 0 Å². The molecule has 0 bridgehead atoms. The third kappa shape index (κ3) is 2.54. The third-order valence-corrected chi connectivity index (χ3v) is 4.65. The van der Waals surface area contributed by atoms with Gasteiger partial charge in [0.05, 0.1) is 19.3 Å². The molecule has 108 valence electrons. The summed E-state index contributed by atoms with van der Waals surface area (Å²) in [6, 6.07) is 5.67. The van der Waals surface area contributed by atoms with Gasteiger partial charge in [-0.25, -0.2) is 4.98 Å². The van der Waals surface area contributed by atoms with Gasteiger partial charge < -0.3 is 15.0 Å². The Morgan fingerprint density at radius 3 is 3.15 bits per heavy atom. The van der Waals surface area contributed by atoms with Crippen molar-refractivity contribution in [3.63, 3.8) is 0 Å². The lowest BCUT2D eigenvalue weighted by molar-refractivity contribution is 0.0932. The van der Waals surface area contributed by atoms with Crippen LogP contribution in [0.4, 0.5) is 5.82 Å². The molecule has 2 heterocycles. The second kappa shape index (κ2) is 5.34. The number of ether oxygens (including phenoxy) is 1. The number of morpholine rings is 1. The summed E-state index contributed by atoms with van der Waals surface area (Å²) in [6.07, 6.45) is 6.30. The molecule has 4 rings (SSSR count). The van der Waals surface area contributed by atoms with Gasteiger partial charge in [-0.15, -0.1) is 0 Å². The second-order valence-electron chi connectivity index (χ2n) is 6.23. The zero-order valence-electron chi connectivity index (χ0n) is 12.0. The monoisotopic (exact) mass is 273 g/mol. The maximum Gasteiger partial charge on any atom is 0.129 e. The summed E-state index contributed by atoms with van der Waals surface area (Å²) in [5, 5.41) is 3.63. The number of hydrogen-bond donors (Lipinski definition) is 1. The maximum absolute atomic E-state index is 5.67. The quantitative estimate of drug-likeness (QED) is 0.903. The minimum absolute atomic E-state index is 0.427. The first kappa shape index (κ1) is 12.6. The molecule has 1 aromatic heterocycles. The van der Waals surface area contributed by atoms with Crippen molar-refractivity contribution in [2.24, 2.45) is 0 Å². The van der Waals surface area contributed by atoms with E-state index in [1.54, 1.807) is 0 Å². The molecule has 1 aliphatic heterocycles. The van der Waals surface area contributed by atoms with E-state index in [1.165, 1.54) is 36.9 Å². The van der Waals surface area contributed by atoms with Crippen LogP contribution in [0.2, 0.25) is 0 Å². The Morgan fingerprint density at radius 2 is 2.25 bits per heavy atom. The van der Waals surface area contributed by atoms with E-state index in [1.807, 2.05) is 0 Å². The minimum atomic E-state index is 0.427. The van der Waals surface area contributed by atoms with Gasteiger partial charge in [0.2, 0.25) is 0 Å². The number of nitrogens with zero attached hydrogens (tertiary/aromatic N) is 2. The average molecular weight is 273 g/mol. The van der Waals surface area contributed by atoms with Crippen LogP contribution in [-0.4, -0.2) is 43.4 Å². The third-order valence-electron chi connectivity index (χ3n) is 4.65. The summed E-state index contributed by atoms with van der Waals surface area (Å²) in [7, 11) is 0. The number of fused-ring (bicyclic) bond motifs is 1. The Morgan fingerprint density at radius 1 is 1.30 bits per heavy atom. The van der Waals surface area contributed by atoms with Gasteiger partial charge in [0, 0.05) is 24.8 Å². The van der Waals surface area contributed by atoms with Gasteiger partial charge >= 0.3 is 0 Å². The largest absolute Gasteiger partial charge is 0.377 e. The van der Waals surface area contributed by atoms with E-state index in [0.717, 1.165) is 44.6 Å². The molecule has 1 aromatic rings. The SMILES string of the molecule is c1cc2c(nc1N1CCOCC1CNC1CC1)CCC2. The molecule has 2 aliphatic carbocycles. The molecular formula is C16H23N3O. The Balaban J connectivity index is 1.51. The van der Waals surface area contributed by atoms with Crippen LogP contribution in [0.1, 0.15) is 30.5 Å². The number of hydrogen-bond acceptors (Lipinski definition) is 4. The molecule has 2 fully saturated rings. The summed E-state index contributed by atoms with van der Waals surface area (Å²) >= 11 is 0. The highest BCUT2D eigenvalue weighted by Crippen LogP contribution is 2.25. The fourth-order valence-corrected chi connectivity index (χ4v) is 3.28. The Bertz CT molecular complexity index is 487. The van der Waals surface area contributed by atoms with Crippen molar-refractivity contribution >= 4 is 5.82 Å². The first-order valence-electron chi connectivity index (χ1n) is 7.97. The van der Waals surface area contributed by atoms with Crippen LogP contribution in [0.3, 0.4) is 0 Å². The maximum atomic E-state index is 5.67. The Kier molecular flexibility index (Phi) is 3.36. The molecule has 1 unspecified atom stereocenters. The summed E-state index contributed by atoms with van der Waals surface area (Å²) in [4.78, 5) is 7.35. The van der Waals surface area contributed by atoms with Crippen molar-refractivity contribution < 1.29 is 4.74 Å². The molecule has 1 atom stereocenters. The van der Waals surface area contributed by atoms with E-state index in [4.69, 9.17) is 9.72 Å². The van der Waals surface area contributed by atoms with Crippen molar-refractivity contribution in [2.75, 3.05) is 31.2 Å². The molecule has 0 radical (unpaired) electrons. The molecule has 3 aliphatic rings. The summed E-state index contributed by atoms with van der Waals surface area (Å²) in [6.45, 7) is 3.61. The first-order chi connectivity index (χ1) is 9.90. The van der Waals surface area contributed by atoms with Crippen LogP contribution in [-0.2, 0) is 17.6 Å². The van der Waals surface area contributed by atoms with Crippen LogP contribution in [0.15, 0.2) is 12.1 Å². The predicted molar refractivity (Wildman–Crippen MR) is 79.2 cm³/mol. The van der Waals surface area contributed by atoms with E-state index in [-0.39, 0.29) is 0 Å². The van der Waals surface area contributed by atoms with Crippen molar-refractivity contribution in [2.45, 2.75) is 44.2 Å². The summed E-state index contributed by atoms with van der Waals surface area (Å²) in [5.74, 6) is 1.15. The highest BCUT2D eigenvalue weighted by molar-refractivity contribution is 5.44. The molecule has 4 nitrogen and oxygen atoms in total. The molecule has 0 amide bonds. The molecule has 1 N–H and O–H groups in total. The van der Waals surface area contributed by atoms with Crippen molar-refractivity contribution in [1.82, 2.24) is 10.3 Å². The highest BCUT2D eigenvalue weighted by atomic mass is 16.5. The van der Waals surface area contributed by atoms with Crippen molar-refractivity contribution in [3.05, 3.63) is 23.4 Å². The summed E-state index contributed by atoms with van der Waals surface area (Å²) < 4.78 is 5.67. The van der Waals surface area contributed by atoms with Gasteiger partial charge in [-0.05, 0) is 43.7 Å². The van der Waals surface area contributed by atoms with E-state index in [9.17, 15) is 0 Å². The van der Waals surface area contributed by atoms with Crippen LogP contribution >= 0.6 is 0 Å². The lowest BCUT2D eigenvalue weighted by Crippen LogP contribution is -2.51. The van der Waals surface area contributed by atoms with E-state index in [2.05, 4.69) is 22.3 Å². The molecule has 20 heavy (non-hydrogen) atoms. The van der Waals surface area contributed by atoms with Crippen LogP contribution in [0.5, 0.6) is 0 Å². The van der Waals surface area contributed by atoms with Crippen LogP contribution in [0.25, 0.3) is 0 Å². The normalized spacial score (nSPS) is 25.8. The topological polar surface area (TPSA) is 37.4 Å². The van der Waals surface area contributed by atoms with Gasteiger partial charge in [0.25, 0.3) is 0 Å². The number of rotatable bonds is 4. The molecule has 4 heteroatoms. The number of aromatic nitrogens is 1. The molecular weight excluding hydrogens is 250 g/mol. The number of aryl methyl sites for hydroxylation is 2. The minimum Gasteiger partial charge on any atom is -0.377 e. The number of nitrogens with one attached hydrogen (secondary N) is 1. The molecule has 1 saturated heterocycles. The zero-order chi connectivity index (χ0) is 13.4. The Hall–Kier alpha value is -1.13. The number of anilines is 1. The summed E-state index contributed by atoms with van der Waals surface area (Å²) in [5.41, 5.74) is 2.78. The molecule has 0 spiro atoms. The Labute approximate surface area is 120 Å². The standard InChI is InChI=1S/C16H23N3O/c1-2-12-4-7-16(18-15(12)3-1)19-8-9-20-11-14(19)10-17-13-5-6-13/h4,7,13-14,17H,1-3,5-6,8-11H2. The van der Waals surface area contributed by atoms with Gasteiger partial charge in [0.1, 0.15) is 5.82 Å². The smallest absolute Gasteiger partial charge is 0.129 e. The average Bonchev–Trinajstić information content (AvgIpc) is 3.20. The number of pyridine rings is 1. The lowest BCUT2D eigenvalue weighted by atomic mass is 10.2. The van der Waals surface area contributed by atoms with E-state index < -0.39 is 0 Å². The van der Waals surface area contributed by atoms with Crippen LogP contribution < -0.4 is 10.2 Å². The van der Waals surface area contributed by atoms with E-state index in [0.29, 0.717) is 6.04 Å². The predicted octanol–water partition coefficient (Wildman–Crippen LogP) is 1.53. The lowest BCUT2D eigenvalue weighted by Gasteiger charge is -2.37. The van der Waals surface area contributed by atoms with Crippen molar-refractivity contribution in [1.29, 1.82) is 0 Å². The van der Waals surface area contributed by atoms with Gasteiger partial charge in [-0.2, -0.15) is 0 Å². The van der Waals surface area contributed by atoms with E-state index >= 15 is 0 Å². The highest BCUT2D eigenvalue weighted by Gasteiger charge is 2.28.